The Morgan fingerprint density at radius 2 is 2.00 bits per heavy atom. The minimum Gasteiger partial charge on any atom is -0.464 e. The normalized spacial score (nSPS) is 14.3. The lowest BCUT2D eigenvalue weighted by Crippen LogP contribution is -2.27. The van der Waals surface area contributed by atoms with Gasteiger partial charge in [-0.25, -0.2) is 14.8 Å². The molecule has 1 N–H and O–H groups in total. The van der Waals surface area contributed by atoms with Crippen LogP contribution in [-0.2, 0) is 11.2 Å². The van der Waals surface area contributed by atoms with E-state index < -0.39 is 5.97 Å². The Balaban J connectivity index is 1.82. The second-order valence-electron chi connectivity index (χ2n) is 7.09. The number of anilines is 1. The fraction of sp³-hybridized carbons (Fsp3) is 0.476. The number of aryl methyl sites for hydroxylation is 2. The molecule has 0 amide bonds. The molecule has 2 heterocycles. The minimum absolute atomic E-state index is 0.283. The standard InChI is InChI=1S/C21H28N4O2/c1-15-7-6-8-17(13-15)14-18-20(22-9-12-25-10-4-5-11-25)23-16(2)19(24-18)21(26)27-3/h6-8,13H,4-5,9-12,14H2,1-3H3,(H,22,23). The van der Waals surface area contributed by atoms with E-state index in [2.05, 4.69) is 45.3 Å². The SMILES string of the molecule is COC(=O)c1nc(Cc2cccc(C)c2)c(NCCN2CCCC2)nc1C. The summed E-state index contributed by atoms with van der Waals surface area (Å²) >= 11 is 0. The van der Waals surface area contributed by atoms with Crippen molar-refractivity contribution in [2.75, 3.05) is 38.6 Å². The van der Waals surface area contributed by atoms with Gasteiger partial charge in [-0.3, -0.25) is 0 Å². The zero-order valence-electron chi connectivity index (χ0n) is 16.4. The van der Waals surface area contributed by atoms with Crippen molar-refractivity contribution in [3.8, 4) is 0 Å². The molecule has 2 aromatic rings. The second kappa shape index (κ2) is 8.95. The molecular formula is C21H28N4O2. The summed E-state index contributed by atoms with van der Waals surface area (Å²) in [4.78, 5) is 23.7. The molecule has 0 aliphatic carbocycles. The molecule has 1 aromatic carbocycles. The maximum absolute atomic E-state index is 12.0. The molecule has 0 spiro atoms. The number of nitrogens with one attached hydrogen (secondary N) is 1. The van der Waals surface area contributed by atoms with Gasteiger partial charge in [0.2, 0.25) is 0 Å². The summed E-state index contributed by atoms with van der Waals surface area (Å²) < 4.78 is 4.86. The van der Waals surface area contributed by atoms with E-state index in [1.54, 1.807) is 6.92 Å². The molecule has 27 heavy (non-hydrogen) atoms. The number of methoxy groups -OCH3 is 1. The molecule has 6 heteroatoms. The Morgan fingerprint density at radius 1 is 1.22 bits per heavy atom. The number of likely N-dealkylation sites (tertiary alicyclic amines) is 1. The first-order chi connectivity index (χ1) is 13.1. The highest BCUT2D eigenvalue weighted by atomic mass is 16.5. The van der Waals surface area contributed by atoms with Crippen LogP contribution in [0.2, 0.25) is 0 Å². The molecule has 0 unspecified atom stereocenters. The first-order valence-electron chi connectivity index (χ1n) is 9.54. The van der Waals surface area contributed by atoms with Crippen LogP contribution >= 0.6 is 0 Å². The highest BCUT2D eigenvalue weighted by Crippen LogP contribution is 2.19. The van der Waals surface area contributed by atoms with Gasteiger partial charge in [-0.15, -0.1) is 0 Å². The fourth-order valence-corrected chi connectivity index (χ4v) is 3.46. The van der Waals surface area contributed by atoms with Gasteiger partial charge in [-0.1, -0.05) is 29.8 Å². The van der Waals surface area contributed by atoms with Crippen LogP contribution in [0.4, 0.5) is 5.82 Å². The van der Waals surface area contributed by atoms with Crippen LogP contribution in [0.15, 0.2) is 24.3 Å². The number of carbonyl (C=O) groups is 1. The number of nitrogens with zero attached hydrogens (tertiary/aromatic N) is 3. The van der Waals surface area contributed by atoms with Gasteiger partial charge in [0, 0.05) is 19.5 Å². The number of esters is 1. The topological polar surface area (TPSA) is 67.3 Å². The van der Waals surface area contributed by atoms with Gasteiger partial charge in [0.05, 0.1) is 18.5 Å². The number of rotatable bonds is 7. The first kappa shape index (κ1) is 19.3. The Labute approximate surface area is 161 Å². The third kappa shape index (κ3) is 5.04. The third-order valence-electron chi connectivity index (χ3n) is 4.89. The Kier molecular flexibility index (Phi) is 6.40. The predicted molar refractivity (Wildman–Crippen MR) is 106 cm³/mol. The van der Waals surface area contributed by atoms with E-state index in [0.29, 0.717) is 12.1 Å². The van der Waals surface area contributed by atoms with E-state index in [1.807, 2.05) is 6.07 Å². The number of benzene rings is 1. The van der Waals surface area contributed by atoms with Crippen molar-refractivity contribution in [1.29, 1.82) is 0 Å². The molecule has 1 saturated heterocycles. The maximum Gasteiger partial charge on any atom is 0.358 e. The van der Waals surface area contributed by atoms with Crippen molar-refractivity contribution in [1.82, 2.24) is 14.9 Å². The number of ether oxygens (including phenoxy) is 1. The van der Waals surface area contributed by atoms with Gasteiger partial charge < -0.3 is 15.0 Å². The zero-order valence-corrected chi connectivity index (χ0v) is 16.4. The highest BCUT2D eigenvalue weighted by molar-refractivity contribution is 5.88. The van der Waals surface area contributed by atoms with Gasteiger partial charge in [0.1, 0.15) is 5.82 Å². The van der Waals surface area contributed by atoms with Crippen molar-refractivity contribution in [2.45, 2.75) is 33.1 Å². The van der Waals surface area contributed by atoms with Crippen LogP contribution in [0, 0.1) is 13.8 Å². The van der Waals surface area contributed by atoms with Gasteiger partial charge >= 0.3 is 5.97 Å². The number of hydrogen-bond acceptors (Lipinski definition) is 6. The van der Waals surface area contributed by atoms with Gasteiger partial charge in [-0.2, -0.15) is 0 Å². The van der Waals surface area contributed by atoms with Crippen LogP contribution in [0.3, 0.4) is 0 Å². The largest absolute Gasteiger partial charge is 0.464 e. The number of hydrogen-bond donors (Lipinski definition) is 1. The quantitative estimate of drug-likeness (QED) is 0.758. The Bertz CT molecular complexity index is 801. The van der Waals surface area contributed by atoms with E-state index in [0.717, 1.165) is 30.2 Å². The molecule has 3 rings (SSSR count). The fourth-order valence-electron chi connectivity index (χ4n) is 3.46. The lowest BCUT2D eigenvalue weighted by molar-refractivity contribution is 0.0592. The van der Waals surface area contributed by atoms with Crippen molar-refractivity contribution in [3.05, 3.63) is 52.5 Å². The van der Waals surface area contributed by atoms with Gasteiger partial charge in [-0.05, 0) is 45.3 Å². The van der Waals surface area contributed by atoms with Gasteiger partial charge in [0.15, 0.2) is 5.69 Å². The lowest BCUT2D eigenvalue weighted by atomic mass is 10.1. The summed E-state index contributed by atoms with van der Waals surface area (Å²) in [6.45, 7) is 8.00. The molecule has 1 aliphatic rings. The molecule has 6 nitrogen and oxygen atoms in total. The van der Waals surface area contributed by atoms with Gasteiger partial charge in [0.25, 0.3) is 0 Å². The summed E-state index contributed by atoms with van der Waals surface area (Å²) in [5.41, 5.74) is 3.98. The monoisotopic (exact) mass is 368 g/mol. The predicted octanol–water partition coefficient (Wildman–Crippen LogP) is 2.98. The highest BCUT2D eigenvalue weighted by Gasteiger charge is 2.18. The third-order valence-corrected chi connectivity index (χ3v) is 4.89. The molecular weight excluding hydrogens is 340 g/mol. The van der Waals surface area contributed by atoms with E-state index in [1.165, 1.54) is 38.6 Å². The Hall–Kier alpha value is -2.47. The average Bonchev–Trinajstić information content (AvgIpc) is 3.16. The molecule has 1 aliphatic heterocycles. The van der Waals surface area contributed by atoms with E-state index in [9.17, 15) is 4.79 Å². The lowest BCUT2D eigenvalue weighted by Gasteiger charge is -2.17. The van der Waals surface area contributed by atoms with Crippen molar-refractivity contribution >= 4 is 11.8 Å². The Morgan fingerprint density at radius 3 is 2.70 bits per heavy atom. The molecule has 1 aromatic heterocycles. The summed E-state index contributed by atoms with van der Waals surface area (Å²) in [6.07, 6.45) is 3.18. The summed E-state index contributed by atoms with van der Waals surface area (Å²) in [6, 6.07) is 8.31. The van der Waals surface area contributed by atoms with Crippen molar-refractivity contribution in [3.63, 3.8) is 0 Å². The van der Waals surface area contributed by atoms with Crippen LogP contribution in [-0.4, -0.2) is 54.1 Å². The molecule has 0 radical (unpaired) electrons. The van der Waals surface area contributed by atoms with E-state index >= 15 is 0 Å². The second-order valence-corrected chi connectivity index (χ2v) is 7.09. The zero-order chi connectivity index (χ0) is 19.2. The van der Waals surface area contributed by atoms with E-state index in [-0.39, 0.29) is 5.69 Å². The summed E-state index contributed by atoms with van der Waals surface area (Å²) in [5.74, 6) is 0.301. The van der Waals surface area contributed by atoms with Crippen LogP contribution in [0.1, 0.15) is 45.8 Å². The maximum atomic E-state index is 12.0. The molecule has 144 valence electrons. The summed E-state index contributed by atoms with van der Waals surface area (Å²) in [7, 11) is 1.37. The minimum atomic E-state index is -0.450. The first-order valence-corrected chi connectivity index (χ1v) is 9.54. The van der Waals surface area contributed by atoms with E-state index in [4.69, 9.17) is 4.74 Å². The summed E-state index contributed by atoms with van der Waals surface area (Å²) in [5, 5.41) is 3.43. The molecule has 0 bridgehead atoms. The average molecular weight is 368 g/mol. The van der Waals surface area contributed by atoms with Crippen LogP contribution < -0.4 is 5.32 Å². The van der Waals surface area contributed by atoms with Crippen LogP contribution in [0.25, 0.3) is 0 Å². The van der Waals surface area contributed by atoms with Crippen molar-refractivity contribution < 1.29 is 9.53 Å². The molecule has 0 atom stereocenters. The van der Waals surface area contributed by atoms with Crippen LogP contribution in [0.5, 0.6) is 0 Å². The number of aromatic nitrogens is 2. The van der Waals surface area contributed by atoms with Crippen molar-refractivity contribution in [2.24, 2.45) is 0 Å². The smallest absolute Gasteiger partial charge is 0.358 e. The number of carbonyl (C=O) groups excluding carboxylic acids is 1. The molecule has 1 fully saturated rings. The molecule has 0 saturated carbocycles.